The molecule has 1 heterocycles. The molecule has 4 nitrogen and oxygen atoms in total. The third-order valence-corrected chi connectivity index (χ3v) is 6.22. The van der Waals surface area contributed by atoms with Crippen LogP contribution in [0.25, 0.3) is 0 Å². The second kappa shape index (κ2) is 7.23. The predicted octanol–water partition coefficient (Wildman–Crippen LogP) is 2.07. The summed E-state index contributed by atoms with van der Waals surface area (Å²) in [6, 6.07) is 0. The molecule has 0 aromatic rings. The lowest BCUT2D eigenvalue weighted by Crippen LogP contribution is -2.43. The van der Waals surface area contributed by atoms with Crippen LogP contribution in [0.1, 0.15) is 45.4 Å². The summed E-state index contributed by atoms with van der Waals surface area (Å²) in [6.45, 7) is 5.84. The van der Waals surface area contributed by atoms with Crippen LogP contribution in [0, 0.1) is 17.8 Å². The molecule has 0 aromatic heterocycles. The minimum absolute atomic E-state index is 0.487. The van der Waals surface area contributed by atoms with Crippen LogP contribution in [0.4, 0.5) is 0 Å². The highest BCUT2D eigenvalue weighted by atomic mass is 32.2. The smallest absolute Gasteiger partial charge is 0.211 e. The second-order valence-electron chi connectivity index (χ2n) is 6.91. The Bertz CT molecular complexity index is 389. The van der Waals surface area contributed by atoms with Crippen LogP contribution in [0.15, 0.2) is 0 Å². The molecule has 1 N–H and O–H groups in total. The van der Waals surface area contributed by atoms with E-state index in [2.05, 4.69) is 12.2 Å². The van der Waals surface area contributed by atoms with Crippen molar-refractivity contribution in [2.24, 2.45) is 17.8 Å². The lowest BCUT2D eigenvalue weighted by molar-refractivity contribution is 0.244. The molecular weight excluding hydrogens is 272 g/mol. The summed E-state index contributed by atoms with van der Waals surface area (Å²) in [7, 11) is -3.00. The van der Waals surface area contributed by atoms with Gasteiger partial charge in [-0.05, 0) is 56.5 Å². The van der Waals surface area contributed by atoms with E-state index in [-0.39, 0.29) is 0 Å². The zero-order chi connectivity index (χ0) is 14.6. The van der Waals surface area contributed by atoms with Gasteiger partial charge in [-0.1, -0.05) is 19.8 Å². The number of rotatable bonds is 5. The summed E-state index contributed by atoms with van der Waals surface area (Å²) in [5.74, 6) is 2.23. The van der Waals surface area contributed by atoms with Crippen LogP contribution < -0.4 is 5.32 Å². The van der Waals surface area contributed by atoms with Crippen molar-refractivity contribution in [3.05, 3.63) is 0 Å². The van der Waals surface area contributed by atoms with E-state index >= 15 is 0 Å². The van der Waals surface area contributed by atoms with Crippen molar-refractivity contribution in [1.29, 1.82) is 0 Å². The molecule has 2 rings (SSSR count). The monoisotopic (exact) mass is 302 g/mol. The maximum Gasteiger partial charge on any atom is 0.211 e. The molecule has 1 saturated heterocycles. The van der Waals surface area contributed by atoms with Gasteiger partial charge in [0.1, 0.15) is 0 Å². The molecule has 1 saturated carbocycles. The first-order valence-electron chi connectivity index (χ1n) is 8.11. The molecule has 0 bridgehead atoms. The lowest BCUT2D eigenvalue weighted by atomic mass is 9.83. The molecular formula is C15H30N2O2S. The van der Waals surface area contributed by atoms with E-state index in [9.17, 15) is 8.42 Å². The summed E-state index contributed by atoms with van der Waals surface area (Å²) in [5, 5.41) is 3.59. The Morgan fingerprint density at radius 2 is 1.70 bits per heavy atom. The van der Waals surface area contributed by atoms with Crippen LogP contribution >= 0.6 is 0 Å². The third-order valence-electron chi connectivity index (χ3n) is 4.95. The van der Waals surface area contributed by atoms with Gasteiger partial charge in [0.05, 0.1) is 6.26 Å². The van der Waals surface area contributed by atoms with Gasteiger partial charge in [0.25, 0.3) is 0 Å². The van der Waals surface area contributed by atoms with Crippen LogP contribution in [0.5, 0.6) is 0 Å². The Labute approximate surface area is 124 Å². The van der Waals surface area contributed by atoms with E-state index in [0.717, 1.165) is 37.8 Å². The molecule has 0 radical (unpaired) electrons. The lowest BCUT2D eigenvalue weighted by Gasteiger charge is -2.32. The number of sulfonamides is 1. The van der Waals surface area contributed by atoms with Gasteiger partial charge in [0, 0.05) is 13.1 Å². The van der Waals surface area contributed by atoms with E-state index in [1.54, 1.807) is 4.31 Å². The quantitative estimate of drug-likeness (QED) is 0.846. The molecule has 2 aliphatic rings. The summed E-state index contributed by atoms with van der Waals surface area (Å²) in [4.78, 5) is 0. The van der Waals surface area contributed by atoms with Gasteiger partial charge in [-0.3, -0.25) is 0 Å². The fourth-order valence-electron chi connectivity index (χ4n) is 3.52. The van der Waals surface area contributed by atoms with Crippen LogP contribution in [0.2, 0.25) is 0 Å². The zero-order valence-corrected chi connectivity index (χ0v) is 13.8. The van der Waals surface area contributed by atoms with Crippen molar-refractivity contribution in [3.8, 4) is 0 Å². The summed E-state index contributed by atoms with van der Waals surface area (Å²) in [5.41, 5.74) is 0. The maximum atomic E-state index is 11.6. The molecule has 20 heavy (non-hydrogen) atoms. The van der Waals surface area contributed by atoms with Crippen molar-refractivity contribution in [1.82, 2.24) is 9.62 Å². The van der Waals surface area contributed by atoms with Crippen molar-refractivity contribution in [2.45, 2.75) is 45.4 Å². The number of nitrogens with one attached hydrogen (secondary N) is 1. The maximum absolute atomic E-state index is 11.6. The molecule has 5 heteroatoms. The van der Waals surface area contributed by atoms with E-state index in [1.807, 2.05) is 0 Å². The van der Waals surface area contributed by atoms with Crippen molar-refractivity contribution < 1.29 is 8.42 Å². The molecule has 2 fully saturated rings. The molecule has 1 unspecified atom stereocenters. The molecule has 0 aromatic carbocycles. The van der Waals surface area contributed by atoms with E-state index in [1.165, 1.54) is 31.9 Å². The fourth-order valence-corrected chi connectivity index (χ4v) is 4.46. The molecule has 118 valence electrons. The Morgan fingerprint density at radius 1 is 1.05 bits per heavy atom. The average Bonchev–Trinajstić information content (AvgIpc) is 2.40. The first kappa shape index (κ1) is 16.2. The summed E-state index contributed by atoms with van der Waals surface area (Å²) in [6.07, 6.45) is 8.94. The minimum Gasteiger partial charge on any atom is -0.316 e. The molecule has 0 spiro atoms. The zero-order valence-electron chi connectivity index (χ0n) is 13.0. The van der Waals surface area contributed by atoms with Gasteiger partial charge < -0.3 is 5.32 Å². The van der Waals surface area contributed by atoms with Crippen molar-refractivity contribution >= 4 is 10.0 Å². The average molecular weight is 302 g/mol. The first-order valence-corrected chi connectivity index (χ1v) is 9.96. The number of hydrogen-bond donors (Lipinski definition) is 1. The van der Waals surface area contributed by atoms with Gasteiger partial charge >= 0.3 is 0 Å². The SMILES string of the molecule is CC1CCC(CNCC2CCCN(S(C)(=O)=O)C2)CC1. The standard InChI is InChI=1S/C15H30N2O2S/c1-13-5-7-14(8-6-13)10-16-11-15-4-3-9-17(12-15)20(2,18)19/h13-16H,3-12H2,1-2H3. The fraction of sp³-hybridized carbons (Fsp3) is 1.00. The molecule has 1 aliphatic carbocycles. The van der Waals surface area contributed by atoms with Crippen LogP contribution in [-0.2, 0) is 10.0 Å². The van der Waals surface area contributed by atoms with E-state index < -0.39 is 10.0 Å². The number of piperidine rings is 1. The Hall–Kier alpha value is -0.130. The minimum atomic E-state index is -3.00. The van der Waals surface area contributed by atoms with Crippen LogP contribution in [0.3, 0.4) is 0 Å². The van der Waals surface area contributed by atoms with Gasteiger partial charge in [-0.15, -0.1) is 0 Å². The Balaban J connectivity index is 1.66. The van der Waals surface area contributed by atoms with Crippen molar-refractivity contribution in [3.63, 3.8) is 0 Å². The molecule has 0 amide bonds. The van der Waals surface area contributed by atoms with Crippen LogP contribution in [-0.4, -0.2) is 45.2 Å². The third kappa shape index (κ3) is 5.01. The number of nitrogens with zero attached hydrogens (tertiary/aromatic N) is 1. The molecule has 1 aliphatic heterocycles. The first-order chi connectivity index (χ1) is 9.45. The van der Waals surface area contributed by atoms with Gasteiger partial charge in [-0.25, -0.2) is 12.7 Å². The predicted molar refractivity (Wildman–Crippen MR) is 83.1 cm³/mol. The van der Waals surface area contributed by atoms with Crippen molar-refractivity contribution in [2.75, 3.05) is 32.4 Å². The highest BCUT2D eigenvalue weighted by molar-refractivity contribution is 7.88. The highest BCUT2D eigenvalue weighted by Crippen LogP contribution is 2.27. The number of hydrogen-bond acceptors (Lipinski definition) is 3. The largest absolute Gasteiger partial charge is 0.316 e. The van der Waals surface area contributed by atoms with Gasteiger partial charge in [0.15, 0.2) is 0 Å². The molecule has 1 atom stereocenters. The topological polar surface area (TPSA) is 49.4 Å². The second-order valence-corrected chi connectivity index (χ2v) is 8.90. The van der Waals surface area contributed by atoms with E-state index in [4.69, 9.17) is 0 Å². The Kier molecular flexibility index (Phi) is 5.87. The Morgan fingerprint density at radius 3 is 2.35 bits per heavy atom. The van der Waals surface area contributed by atoms with E-state index in [0.29, 0.717) is 19.0 Å². The summed E-state index contributed by atoms with van der Waals surface area (Å²) >= 11 is 0. The normalized spacial score (nSPS) is 33.2. The highest BCUT2D eigenvalue weighted by Gasteiger charge is 2.26. The summed E-state index contributed by atoms with van der Waals surface area (Å²) < 4.78 is 24.8. The van der Waals surface area contributed by atoms with Gasteiger partial charge in [0.2, 0.25) is 10.0 Å². The van der Waals surface area contributed by atoms with Gasteiger partial charge in [-0.2, -0.15) is 0 Å².